The average molecular weight is 287 g/mol. The van der Waals surface area contributed by atoms with Crippen molar-refractivity contribution in [1.82, 2.24) is 15.0 Å². The van der Waals surface area contributed by atoms with E-state index in [2.05, 4.69) is 17.1 Å². The van der Waals surface area contributed by atoms with Crippen molar-refractivity contribution in [2.45, 2.75) is 46.7 Å². The van der Waals surface area contributed by atoms with Crippen molar-refractivity contribution >= 4 is 5.91 Å². The molecule has 21 heavy (non-hydrogen) atoms. The smallest absolute Gasteiger partial charge is 0.259 e. The highest BCUT2D eigenvalue weighted by molar-refractivity contribution is 5.96. The van der Waals surface area contributed by atoms with Crippen LogP contribution in [0.15, 0.2) is 29.0 Å². The summed E-state index contributed by atoms with van der Waals surface area (Å²) in [6.07, 6.45) is 4.40. The SMILES string of the molecule is CCC(C)N(Cc1cccnc1)C(=O)c1c(C)noc1C. The Morgan fingerprint density at radius 3 is 2.71 bits per heavy atom. The predicted molar refractivity (Wildman–Crippen MR) is 79.8 cm³/mol. The Hall–Kier alpha value is -2.17. The number of carbonyl (C=O) groups excluding carboxylic acids is 1. The lowest BCUT2D eigenvalue weighted by Gasteiger charge is -2.28. The summed E-state index contributed by atoms with van der Waals surface area (Å²) in [6.45, 7) is 8.22. The van der Waals surface area contributed by atoms with Crippen molar-refractivity contribution in [3.8, 4) is 0 Å². The molecule has 2 aromatic heterocycles. The van der Waals surface area contributed by atoms with Crippen LogP contribution in [0.4, 0.5) is 0 Å². The Morgan fingerprint density at radius 2 is 2.19 bits per heavy atom. The van der Waals surface area contributed by atoms with E-state index in [9.17, 15) is 4.79 Å². The molecule has 0 aromatic carbocycles. The van der Waals surface area contributed by atoms with Crippen molar-refractivity contribution in [2.24, 2.45) is 0 Å². The summed E-state index contributed by atoms with van der Waals surface area (Å²) in [5.41, 5.74) is 2.22. The van der Waals surface area contributed by atoms with Gasteiger partial charge >= 0.3 is 0 Å². The van der Waals surface area contributed by atoms with Gasteiger partial charge in [0.15, 0.2) is 0 Å². The molecule has 0 spiro atoms. The molecule has 5 nitrogen and oxygen atoms in total. The number of amides is 1. The molecule has 1 amide bonds. The number of pyridine rings is 1. The number of aryl methyl sites for hydroxylation is 2. The van der Waals surface area contributed by atoms with Crippen LogP contribution in [0.3, 0.4) is 0 Å². The van der Waals surface area contributed by atoms with Crippen LogP contribution in [-0.2, 0) is 6.54 Å². The highest BCUT2D eigenvalue weighted by Gasteiger charge is 2.26. The van der Waals surface area contributed by atoms with Crippen LogP contribution in [0.5, 0.6) is 0 Å². The van der Waals surface area contributed by atoms with E-state index in [-0.39, 0.29) is 11.9 Å². The molecule has 2 aromatic rings. The van der Waals surface area contributed by atoms with Crippen LogP contribution in [0, 0.1) is 13.8 Å². The molecule has 5 heteroatoms. The van der Waals surface area contributed by atoms with Gasteiger partial charge in [0.2, 0.25) is 0 Å². The summed E-state index contributed by atoms with van der Waals surface area (Å²) in [5, 5.41) is 3.88. The zero-order valence-corrected chi connectivity index (χ0v) is 13.0. The van der Waals surface area contributed by atoms with Gasteiger partial charge in [0.1, 0.15) is 11.3 Å². The van der Waals surface area contributed by atoms with Gasteiger partial charge in [-0.2, -0.15) is 0 Å². The number of aromatic nitrogens is 2. The van der Waals surface area contributed by atoms with Gasteiger partial charge in [0, 0.05) is 25.0 Å². The maximum atomic E-state index is 12.9. The quantitative estimate of drug-likeness (QED) is 0.847. The fraction of sp³-hybridized carbons (Fsp3) is 0.438. The summed E-state index contributed by atoms with van der Waals surface area (Å²) in [6, 6.07) is 3.99. The Bertz CT molecular complexity index is 588. The van der Waals surface area contributed by atoms with Crippen LogP contribution in [0.25, 0.3) is 0 Å². The Morgan fingerprint density at radius 1 is 1.43 bits per heavy atom. The molecule has 1 atom stereocenters. The number of hydrogen-bond acceptors (Lipinski definition) is 4. The molecule has 0 N–H and O–H groups in total. The summed E-state index contributed by atoms with van der Waals surface area (Å²) < 4.78 is 5.12. The molecule has 0 aliphatic rings. The van der Waals surface area contributed by atoms with E-state index in [1.54, 1.807) is 26.2 Å². The Balaban J connectivity index is 2.30. The summed E-state index contributed by atoms with van der Waals surface area (Å²) in [7, 11) is 0. The van der Waals surface area contributed by atoms with Gasteiger partial charge in [-0.3, -0.25) is 9.78 Å². The van der Waals surface area contributed by atoms with Crippen molar-refractivity contribution in [3.63, 3.8) is 0 Å². The van der Waals surface area contributed by atoms with Gasteiger partial charge in [0.05, 0.1) is 5.69 Å². The van der Waals surface area contributed by atoms with Crippen molar-refractivity contribution in [3.05, 3.63) is 47.1 Å². The third-order valence-electron chi connectivity index (χ3n) is 3.71. The van der Waals surface area contributed by atoms with Gasteiger partial charge in [-0.25, -0.2) is 0 Å². The van der Waals surface area contributed by atoms with Crippen molar-refractivity contribution < 1.29 is 9.32 Å². The molecule has 1 unspecified atom stereocenters. The molecule has 2 heterocycles. The Labute approximate surface area is 125 Å². The molecular weight excluding hydrogens is 266 g/mol. The molecule has 0 aliphatic carbocycles. The Kier molecular flexibility index (Phi) is 4.73. The first-order valence-electron chi connectivity index (χ1n) is 7.17. The molecule has 112 valence electrons. The van der Waals surface area contributed by atoms with Crippen molar-refractivity contribution in [2.75, 3.05) is 0 Å². The number of nitrogens with zero attached hydrogens (tertiary/aromatic N) is 3. The van der Waals surface area contributed by atoms with Crippen LogP contribution in [-0.4, -0.2) is 27.0 Å². The average Bonchev–Trinajstić information content (AvgIpc) is 2.83. The van der Waals surface area contributed by atoms with E-state index in [4.69, 9.17) is 4.52 Å². The zero-order chi connectivity index (χ0) is 15.4. The summed E-state index contributed by atoms with van der Waals surface area (Å²) >= 11 is 0. The molecule has 0 bridgehead atoms. The summed E-state index contributed by atoms with van der Waals surface area (Å²) in [5.74, 6) is 0.529. The minimum atomic E-state index is -0.0375. The highest BCUT2D eigenvalue weighted by atomic mass is 16.5. The number of carbonyl (C=O) groups is 1. The third-order valence-corrected chi connectivity index (χ3v) is 3.71. The van der Waals surface area contributed by atoms with E-state index in [1.807, 2.05) is 24.0 Å². The van der Waals surface area contributed by atoms with Crippen LogP contribution in [0.2, 0.25) is 0 Å². The lowest BCUT2D eigenvalue weighted by molar-refractivity contribution is 0.0669. The minimum absolute atomic E-state index is 0.0375. The molecular formula is C16H21N3O2. The van der Waals surface area contributed by atoms with E-state index in [0.717, 1.165) is 12.0 Å². The number of hydrogen-bond donors (Lipinski definition) is 0. The topological polar surface area (TPSA) is 59.2 Å². The van der Waals surface area contributed by atoms with E-state index in [1.165, 1.54) is 0 Å². The molecule has 0 fully saturated rings. The lowest BCUT2D eigenvalue weighted by atomic mass is 10.1. The van der Waals surface area contributed by atoms with Crippen LogP contribution >= 0.6 is 0 Å². The molecule has 0 saturated heterocycles. The van der Waals surface area contributed by atoms with Gasteiger partial charge in [-0.05, 0) is 38.8 Å². The largest absolute Gasteiger partial charge is 0.361 e. The first kappa shape index (κ1) is 15.2. The second kappa shape index (κ2) is 6.52. The second-order valence-electron chi connectivity index (χ2n) is 5.25. The highest BCUT2D eigenvalue weighted by Crippen LogP contribution is 2.19. The van der Waals surface area contributed by atoms with Gasteiger partial charge in [0.25, 0.3) is 5.91 Å². The van der Waals surface area contributed by atoms with Gasteiger partial charge in [-0.15, -0.1) is 0 Å². The van der Waals surface area contributed by atoms with Gasteiger partial charge < -0.3 is 9.42 Å². The van der Waals surface area contributed by atoms with Gasteiger partial charge in [-0.1, -0.05) is 18.1 Å². The van der Waals surface area contributed by atoms with Crippen LogP contribution < -0.4 is 0 Å². The standard InChI is InChI=1S/C16H21N3O2/c1-5-11(2)19(10-14-7-6-8-17-9-14)16(20)15-12(3)18-21-13(15)4/h6-9,11H,5,10H2,1-4H3. The maximum absolute atomic E-state index is 12.9. The maximum Gasteiger partial charge on any atom is 0.259 e. The summed E-state index contributed by atoms with van der Waals surface area (Å²) in [4.78, 5) is 18.8. The van der Waals surface area contributed by atoms with Crippen LogP contribution in [0.1, 0.15) is 47.6 Å². The first-order chi connectivity index (χ1) is 10.0. The fourth-order valence-corrected chi connectivity index (χ4v) is 2.27. The monoisotopic (exact) mass is 287 g/mol. The third kappa shape index (κ3) is 3.29. The molecule has 0 radical (unpaired) electrons. The van der Waals surface area contributed by atoms with E-state index in [0.29, 0.717) is 23.6 Å². The normalized spacial score (nSPS) is 12.2. The van der Waals surface area contributed by atoms with E-state index < -0.39 is 0 Å². The molecule has 0 aliphatic heterocycles. The predicted octanol–water partition coefficient (Wildman–Crippen LogP) is 3.13. The first-order valence-corrected chi connectivity index (χ1v) is 7.17. The fourth-order valence-electron chi connectivity index (χ4n) is 2.27. The lowest BCUT2D eigenvalue weighted by Crippen LogP contribution is -2.38. The van der Waals surface area contributed by atoms with Crippen molar-refractivity contribution in [1.29, 1.82) is 0 Å². The minimum Gasteiger partial charge on any atom is -0.361 e. The zero-order valence-electron chi connectivity index (χ0n) is 13.0. The van der Waals surface area contributed by atoms with E-state index >= 15 is 0 Å². The number of rotatable bonds is 5. The molecule has 0 saturated carbocycles. The molecule has 2 rings (SSSR count). The second-order valence-corrected chi connectivity index (χ2v) is 5.25.